The molecule has 0 spiro atoms. The number of hydrogen-bond acceptors (Lipinski definition) is 4. The first-order valence-electron chi connectivity index (χ1n) is 8.17. The summed E-state index contributed by atoms with van der Waals surface area (Å²) in [7, 11) is -1.23. The first kappa shape index (κ1) is 24.1. The predicted molar refractivity (Wildman–Crippen MR) is 115 cm³/mol. The van der Waals surface area contributed by atoms with E-state index in [0.29, 0.717) is 19.2 Å². The van der Waals surface area contributed by atoms with Crippen molar-refractivity contribution in [3.05, 3.63) is 35.9 Å². The van der Waals surface area contributed by atoms with Crippen LogP contribution in [0.4, 0.5) is 0 Å². The SMILES string of the molecule is CN=C(NCCOCCS(C)(=O)=O)NC(C)CCc1ccccc1.I. The number of sulfone groups is 1. The highest BCUT2D eigenvalue weighted by Crippen LogP contribution is 2.04. The van der Waals surface area contributed by atoms with Gasteiger partial charge >= 0.3 is 0 Å². The van der Waals surface area contributed by atoms with Gasteiger partial charge in [-0.2, -0.15) is 0 Å². The summed E-state index contributed by atoms with van der Waals surface area (Å²) in [5, 5.41) is 6.50. The zero-order valence-electron chi connectivity index (χ0n) is 15.2. The quantitative estimate of drug-likeness (QED) is 0.230. The Morgan fingerprint density at radius 2 is 1.92 bits per heavy atom. The van der Waals surface area contributed by atoms with Crippen LogP contribution < -0.4 is 10.6 Å². The van der Waals surface area contributed by atoms with Crippen molar-refractivity contribution in [3.8, 4) is 0 Å². The van der Waals surface area contributed by atoms with Gasteiger partial charge in [-0.3, -0.25) is 4.99 Å². The van der Waals surface area contributed by atoms with E-state index >= 15 is 0 Å². The molecule has 0 bridgehead atoms. The molecule has 1 rings (SSSR count). The minimum absolute atomic E-state index is 0. The molecule has 0 fully saturated rings. The minimum atomic E-state index is -2.96. The van der Waals surface area contributed by atoms with Crippen LogP contribution in [0, 0.1) is 0 Å². The molecule has 1 unspecified atom stereocenters. The number of guanidine groups is 1. The van der Waals surface area contributed by atoms with Gasteiger partial charge in [0.2, 0.25) is 0 Å². The first-order valence-corrected chi connectivity index (χ1v) is 10.2. The Morgan fingerprint density at radius 1 is 1.24 bits per heavy atom. The molecule has 2 N–H and O–H groups in total. The van der Waals surface area contributed by atoms with Gasteiger partial charge in [0.05, 0.1) is 19.0 Å². The smallest absolute Gasteiger partial charge is 0.191 e. The Bertz CT molecular complexity index is 594. The third-order valence-electron chi connectivity index (χ3n) is 3.45. The molecule has 144 valence electrons. The molecule has 25 heavy (non-hydrogen) atoms. The lowest BCUT2D eigenvalue weighted by atomic mass is 10.1. The highest BCUT2D eigenvalue weighted by atomic mass is 127. The van der Waals surface area contributed by atoms with Crippen molar-refractivity contribution in [1.82, 2.24) is 10.6 Å². The van der Waals surface area contributed by atoms with Crippen LogP contribution in [0.15, 0.2) is 35.3 Å². The van der Waals surface area contributed by atoms with Crippen molar-refractivity contribution in [3.63, 3.8) is 0 Å². The lowest BCUT2D eigenvalue weighted by Crippen LogP contribution is -2.43. The molecule has 8 heteroatoms. The van der Waals surface area contributed by atoms with Crippen molar-refractivity contribution < 1.29 is 13.2 Å². The lowest BCUT2D eigenvalue weighted by Gasteiger charge is -2.18. The first-order chi connectivity index (χ1) is 11.4. The van der Waals surface area contributed by atoms with Crippen LogP contribution >= 0.6 is 24.0 Å². The summed E-state index contributed by atoms with van der Waals surface area (Å²) in [6, 6.07) is 10.7. The normalized spacial score (nSPS) is 13.0. The Labute approximate surface area is 168 Å². The van der Waals surface area contributed by atoms with Crippen molar-refractivity contribution in [1.29, 1.82) is 0 Å². The molecule has 6 nitrogen and oxygen atoms in total. The van der Waals surface area contributed by atoms with Gasteiger partial charge in [0, 0.05) is 25.9 Å². The molecule has 0 aliphatic rings. The third kappa shape index (κ3) is 13.1. The maximum Gasteiger partial charge on any atom is 0.191 e. The van der Waals surface area contributed by atoms with Gasteiger partial charge in [0.25, 0.3) is 0 Å². The van der Waals surface area contributed by atoms with Crippen LogP contribution in [-0.4, -0.2) is 59.2 Å². The van der Waals surface area contributed by atoms with E-state index in [4.69, 9.17) is 4.74 Å². The summed E-state index contributed by atoms with van der Waals surface area (Å²) in [6.07, 6.45) is 3.23. The zero-order chi connectivity index (χ0) is 17.8. The van der Waals surface area contributed by atoms with Crippen LogP contribution in [0.25, 0.3) is 0 Å². The minimum Gasteiger partial charge on any atom is -0.379 e. The Balaban J connectivity index is 0.00000576. The van der Waals surface area contributed by atoms with E-state index in [1.165, 1.54) is 11.8 Å². The van der Waals surface area contributed by atoms with Gasteiger partial charge in [0.15, 0.2) is 5.96 Å². The molecule has 0 heterocycles. The van der Waals surface area contributed by atoms with E-state index in [9.17, 15) is 8.42 Å². The van der Waals surface area contributed by atoms with Gasteiger partial charge in [0.1, 0.15) is 9.84 Å². The maximum absolute atomic E-state index is 11.0. The Morgan fingerprint density at radius 3 is 2.52 bits per heavy atom. The van der Waals surface area contributed by atoms with Crippen molar-refractivity contribution in [2.45, 2.75) is 25.8 Å². The average molecular weight is 483 g/mol. The maximum atomic E-state index is 11.0. The third-order valence-corrected chi connectivity index (χ3v) is 4.36. The molecule has 1 aromatic rings. The molecule has 1 aromatic carbocycles. The summed E-state index contributed by atoms with van der Waals surface area (Å²) in [6.45, 7) is 3.36. The molecule has 0 aliphatic carbocycles. The summed E-state index contributed by atoms with van der Waals surface area (Å²) in [4.78, 5) is 4.18. The summed E-state index contributed by atoms with van der Waals surface area (Å²) >= 11 is 0. The second-order valence-electron chi connectivity index (χ2n) is 5.81. The lowest BCUT2D eigenvalue weighted by molar-refractivity contribution is 0.154. The zero-order valence-corrected chi connectivity index (χ0v) is 18.3. The van der Waals surface area contributed by atoms with Gasteiger partial charge in [-0.1, -0.05) is 30.3 Å². The van der Waals surface area contributed by atoms with E-state index in [1.54, 1.807) is 7.05 Å². The molecule has 0 aromatic heterocycles. The molecular formula is C17H30IN3O3S. The number of nitrogens with zero attached hydrogens (tertiary/aromatic N) is 1. The van der Waals surface area contributed by atoms with Crippen molar-refractivity contribution in [2.24, 2.45) is 4.99 Å². The number of rotatable bonds is 10. The van der Waals surface area contributed by atoms with E-state index in [-0.39, 0.29) is 36.3 Å². The van der Waals surface area contributed by atoms with Crippen molar-refractivity contribution in [2.75, 3.05) is 38.8 Å². The fourth-order valence-corrected chi connectivity index (χ4v) is 2.50. The van der Waals surface area contributed by atoms with Gasteiger partial charge in [-0.25, -0.2) is 8.42 Å². The molecule has 0 saturated heterocycles. The van der Waals surface area contributed by atoms with Gasteiger partial charge in [-0.05, 0) is 25.3 Å². The standard InChI is InChI=1S/C17H29N3O3S.HI/c1-15(9-10-16-7-5-4-6-8-16)20-17(18-2)19-11-12-23-13-14-24(3,21)22;/h4-8,15H,9-14H2,1-3H3,(H2,18,19,20);1H. The fraction of sp³-hybridized carbons (Fsp3) is 0.588. The number of aliphatic imine (C=N–C) groups is 1. The van der Waals surface area contributed by atoms with Crippen LogP contribution in [0.2, 0.25) is 0 Å². The second kappa shape index (κ2) is 13.3. The fourth-order valence-electron chi connectivity index (χ4n) is 2.08. The Kier molecular flexibility index (Phi) is 12.9. The molecule has 0 saturated carbocycles. The van der Waals surface area contributed by atoms with E-state index in [0.717, 1.165) is 18.8 Å². The number of nitrogens with one attached hydrogen (secondary N) is 2. The molecular weight excluding hydrogens is 453 g/mol. The highest BCUT2D eigenvalue weighted by Gasteiger charge is 2.06. The predicted octanol–water partition coefficient (Wildman–Crippen LogP) is 1.85. The number of halogens is 1. The second-order valence-corrected chi connectivity index (χ2v) is 8.07. The van der Waals surface area contributed by atoms with E-state index < -0.39 is 9.84 Å². The van der Waals surface area contributed by atoms with E-state index in [1.807, 2.05) is 6.07 Å². The monoisotopic (exact) mass is 483 g/mol. The molecule has 1 atom stereocenters. The number of ether oxygens (including phenoxy) is 1. The average Bonchev–Trinajstić information content (AvgIpc) is 2.55. The summed E-state index contributed by atoms with van der Waals surface area (Å²) in [5.41, 5.74) is 1.33. The molecule has 0 radical (unpaired) electrons. The van der Waals surface area contributed by atoms with E-state index in [2.05, 4.69) is 46.8 Å². The molecule has 0 amide bonds. The van der Waals surface area contributed by atoms with Crippen LogP contribution in [0.1, 0.15) is 18.9 Å². The van der Waals surface area contributed by atoms with Gasteiger partial charge in [-0.15, -0.1) is 24.0 Å². The largest absolute Gasteiger partial charge is 0.379 e. The van der Waals surface area contributed by atoms with Gasteiger partial charge < -0.3 is 15.4 Å². The topological polar surface area (TPSA) is 79.8 Å². The number of benzene rings is 1. The summed E-state index contributed by atoms with van der Waals surface area (Å²) in [5.74, 6) is 0.776. The summed E-state index contributed by atoms with van der Waals surface area (Å²) < 4.78 is 27.2. The Hall–Kier alpha value is -0.870. The van der Waals surface area contributed by atoms with Crippen LogP contribution in [0.5, 0.6) is 0 Å². The van der Waals surface area contributed by atoms with Crippen LogP contribution in [-0.2, 0) is 21.0 Å². The number of hydrogen-bond donors (Lipinski definition) is 2. The highest BCUT2D eigenvalue weighted by molar-refractivity contribution is 14.0. The van der Waals surface area contributed by atoms with Crippen LogP contribution in [0.3, 0.4) is 0 Å². The molecule has 0 aliphatic heterocycles. The number of aryl methyl sites for hydroxylation is 1. The van der Waals surface area contributed by atoms with Crippen molar-refractivity contribution >= 4 is 39.8 Å².